The summed E-state index contributed by atoms with van der Waals surface area (Å²) in [5, 5.41) is 0. The Bertz CT molecular complexity index is 624. The lowest BCUT2D eigenvalue weighted by Crippen LogP contribution is -2.29. The van der Waals surface area contributed by atoms with Crippen LogP contribution in [0.2, 0.25) is 0 Å². The summed E-state index contributed by atoms with van der Waals surface area (Å²) in [5.41, 5.74) is 0.573. The lowest BCUT2D eigenvalue weighted by molar-refractivity contribution is 0.0795. The van der Waals surface area contributed by atoms with E-state index in [9.17, 15) is 18.0 Å². The van der Waals surface area contributed by atoms with Crippen molar-refractivity contribution in [1.29, 1.82) is 0 Å². The number of nitrogens with zero attached hydrogens (tertiary/aromatic N) is 2. The van der Waals surface area contributed by atoms with Crippen LogP contribution in [-0.4, -0.2) is 29.4 Å². The first-order valence-electron chi connectivity index (χ1n) is 6.29. The molecule has 0 saturated heterocycles. The third-order valence-corrected chi connectivity index (χ3v) is 3.01. The number of carbonyl (C=O) groups excluding carboxylic acids is 1. The van der Waals surface area contributed by atoms with Gasteiger partial charge < -0.3 is 4.90 Å². The fraction of sp³-hybridized carbons (Fsp3) is 0.200. The Morgan fingerprint density at radius 3 is 2.43 bits per heavy atom. The van der Waals surface area contributed by atoms with Crippen molar-refractivity contribution in [1.82, 2.24) is 9.88 Å². The number of hydrogen-bond acceptors (Lipinski definition) is 2. The third kappa shape index (κ3) is 3.59. The molecule has 0 unspecified atom stereocenters. The number of benzene rings is 1. The molecule has 0 bridgehead atoms. The van der Waals surface area contributed by atoms with Gasteiger partial charge in [-0.1, -0.05) is 6.07 Å². The van der Waals surface area contributed by atoms with Crippen LogP contribution in [0.1, 0.15) is 16.1 Å². The molecule has 0 saturated carbocycles. The van der Waals surface area contributed by atoms with Gasteiger partial charge in [0.2, 0.25) is 0 Å². The number of hydrogen-bond donors (Lipinski definition) is 0. The lowest BCUT2D eigenvalue weighted by Gasteiger charge is -2.17. The molecular weight excluding hydrogens is 281 g/mol. The van der Waals surface area contributed by atoms with E-state index in [1.165, 1.54) is 11.9 Å². The summed E-state index contributed by atoms with van der Waals surface area (Å²) in [6, 6.07) is 6.81. The minimum Gasteiger partial charge on any atom is -0.341 e. The predicted molar refractivity (Wildman–Crippen MR) is 71.2 cm³/mol. The number of rotatable bonds is 4. The zero-order valence-corrected chi connectivity index (χ0v) is 11.3. The molecule has 1 aromatic heterocycles. The molecule has 0 N–H and O–H groups in total. The number of halogens is 3. The molecule has 1 heterocycles. The molecule has 0 spiro atoms. The summed E-state index contributed by atoms with van der Waals surface area (Å²) in [4.78, 5) is 17.5. The van der Waals surface area contributed by atoms with Gasteiger partial charge in [0.05, 0.1) is 0 Å². The number of carbonyl (C=O) groups is 1. The molecule has 0 atom stereocenters. The highest BCUT2D eigenvalue weighted by Gasteiger charge is 2.17. The van der Waals surface area contributed by atoms with E-state index in [1.54, 1.807) is 12.3 Å². The maximum Gasteiger partial charge on any atom is 0.253 e. The number of aromatic nitrogens is 1. The van der Waals surface area contributed by atoms with Gasteiger partial charge in [0.15, 0.2) is 17.5 Å². The molecule has 2 aromatic rings. The topological polar surface area (TPSA) is 33.2 Å². The van der Waals surface area contributed by atoms with Crippen molar-refractivity contribution >= 4 is 5.91 Å². The van der Waals surface area contributed by atoms with E-state index < -0.39 is 23.4 Å². The van der Waals surface area contributed by atoms with E-state index in [4.69, 9.17) is 0 Å². The van der Waals surface area contributed by atoms with Crippen molar-refractivity contribution in [2.24, 2.45) is 0 Å². The highest BCUT2D eigenvalue weighted by Crippen LogP contribution is 2.15. The minimum absolute atomic E-state index is 0.227. The summed E-state index contributed by atoms with van der Waals surface area (Å²) in [7, 11) is 1.50. The highest BCUT2D eigenvalue weighted by molar-refractivity contribution is 5.94. The van der Waals surface area contributed by atoms with Crippen molar-refractivity contribution in [3.8, 4) is 0 Å². The van der Waals surface area contributed by atoms with E-state index in [0.717, 1.165) is 5.69 Å². The molecule has 0 fully saturated rings. The molecule has 0 aliphatic heterocycles. The van der Waals surface area contributed by atoms with Crippen molar-refractivity contribution in [3.05, 3.63) is 65.2 Å². The van der Waals surface area contributed by atoms with Crippen LogP contribution >= 0.6 is 0 Å². The Labute approximate surface area is 120 Å². The van der Waals surface area contributed by atoms with Gasteiger partial charge in [0.25, 0.3) is 5.91 Å². The van der Waals surface area contributed by atoms with Crippen LogP contribution in [0.5, 0.6) is 0 Å². The van der Waals surface area contributed by atoms with E-state index in [-0.39, 0.29) is 5.56 Å². The van der Waals surface area contributed by atoms with Crippen molar-refractivity contribution in [3.63, 3.8) is 0 Å². The molecule has 1 amide bonds. The van der Waals surface area contributed by atoms with Gasteiger partial charge in [-0.25, -0.2) is 13.2 Å². The molecule has 0 aliphatic carbocycles. The Kier molecular flexibility index (Phi) is 4.57. The Balaban J connectivity index is 2.06. The van der Waals surface area contributed by atoms with Gasteiger partial charge in [-0.15, -0.1) is 0 Å². The average molecular weight is 294 g/mol. The summed E-state index contributed by atoms with van der Waals surface area (Å²) < 4.78 is 39.1. The molecule has 110 valence electrons. The van der Waals surface area contributed by atoms with E-state index >= 15 is 0 Å². The summed E-state index contributed by atoms with van der Waals surface area (Å²) in [6.45, 7) is 0.330. The molecule has 21 heavy (non-hydrogen) atoms. The monoisotopic (exact) mass is 294 g/mol. The minimum atomic E-state index is -1.58. The van der Waals surface area contributed by atoms with Gasteiger partial charge >= 0.3 is 0 Å². The third-order valence-electron chi connectivity index (χ3n) is 3.01. The number of amides is 1. The van der Waals surface area contributed by atoms with Crippen molar-refractivity contribution in [2.75, 3.05) is 13.6 Å². The quantitative estimate of drug-likeness (QED) is 0.812. The summed E-state index contributed by atoms with van der Waals surface area (Å²) in [6.07, 6.45) is 2.15. The van der Waals surface area contributed by atoms with Crippen LogP contribution in [-0.2, 0) is 6.42 Å². The fourth-order valence-electron chi connectivity index (χ4n) is 1.83. The smallest absolute Gasteiger partial charge is 0.253 e. The molecule has 3 nitrogen and oxygen atoms in total. The number of likely N-dealkylation sites (N-methyl/N-ethyl adjacent to an activating group) is 1. The zero-order chi connectivity index (χ0) is 15.4. The average Bonchev–Trinajstić information content (AvgIpc) is 2.50. The van der Waals surface area contributed by atoms with Gasteiger partial charge in [-0.2, -0.15) is 0 Å². The molecular formula is C15H13F3N2O. The second kappa shape index (κ2) is 6.39. The van der Waals surface area contributed by atoms with Gasteiger partial charge in [0, 0.05) is 37.5 Å². The first-order chi connectivity index (χ1) is 9.99. The maximum absolute atomic E-state index is 13.1. The van der Waals surface area contributed by atoms with E-state index in [2.05, 4.69) is 4.98 Å². The lowest BCUT2D eigenvalue weighted by atomic mass is 10.1. The largest absolute Gasteiger partial charge is 0.341 e. The molecule has 0 aliphatic rings. The molecule has 1 aromatic carbocycles. The zero-order valence-electron chi connectivity index (χ0n) is 11.3. The van der Waals surface area contributed by atoms with Crippen molar-refractivity contribution < 1.29 is 18.0 Å². The first-order valence-corrected chi connectivity index (χ1v) is 6.29. The Hall–Kier alpha value is -2.37. The first kappa shape index (κ1) is 15.0. The van der Waals surface area contributed by atoms with Gasteiger partial charge in [0.1, 0.15) is 0 Å². The van der Waals surface area contributed by atoms with Crippen molar-refractivity contribution in [2.45, 2.75) is 6.42 Å². The van der Waals surface area contributed by atoms with Crippen LogP contribution in [0, 0.1) is 17.5 Å². The predicted octanol–water partition coefficient (Wildman–Crippen LogP) is 2.81. The van der Waals surface area contributed by atoms with E-state index in [0.29, 0.717) is 25.1 Å². The normalized spacial score (nSPS) is 10.5. The molecule has 2 rings (SSSR count). The second-order valence-electron chi connectivity index (χ2n) is 4.55. The van der Waals surface area contributed by atoms with Gasteiger partial charge in [-0.05, 0) is 24.3 Å². The fourth-order valence-corrected chi connectivity index (χ4v) is 1.83. The van der Waals surface area contributed by atoms with E-state index in [1.807, 2.05) is 12.1 Å². The molecule has 0 radical (unpaired) electrons. The van der Waals surface area contributed by atoms with Crippen LogP contribution in [0.4, 0.5) is 13.2 Å². The molecule has 6 heteroatoms. The van der Waals surface area contributed by atoms with Crippen LogP contribution in [0.15, 0.2) is 36.5 Å². The number of pyridine rings is 1. The maximum atomic E-state index is 13.1. The summed E-state index contributed by atoms with van der Waals surface area (Å²) >= 11 is 0. The van der Waals surface area contributed by atoms with Crippen LogP contribution < -0.4 is 0 Å². The Morgan fingerprint density at radius 1 is 1.19 bits per heavy atom. The van der Waals surface area contributed by atoms with Crippen LogP contribution in [0.25, 0.3) is 0 Å². The van der Waals surface area contributed by atoms with Crippen LogP contribution in [0.3, 0.4) is 0 Å². The second-order valence-corrected chi connectivity index (χ2v) is 4.55. The Morgan fingerprint density at radius 2 is 1.86 bits per heavy atom. The SMILES string of the molecule is CN(CCc1ccccn1)C(=O)c1cc(F)c(F)c(F)c1. The standard InChI is InChI=1S/C15H13F3N2O/c1-20(7-5-11-4-2-3-6-19-11)15(21)10-8-12(16)14(18)13(17)9-10/h2-4,6,8-9H,5,7H2,1H3. The highest BCUT2D eigenvalue weighted by atomic mass is 19.2. The van der Waals surface area contributed by atoms with Gasteiger partial charge in [-0.3, -0.25) is 9.78 Å². The summed E-state index contributed by atoms with van der Waals surface area (Å²) in [5.74, 6) is -4.92.